The van der Waals surface area contributed by atoms with Crippen LogP contribution < -0.4 is 0 Å². The Labute approximate surface area is 110 Å². The van der Waals surface area contributed by atoms with Crippen LogP contribution in [0.5, 0.6) is 0 Å². The molecule has 0 radical (unpaired) electrons. The number of imidazole rings is 1. The minimum atomic E-state index is 0.115. The molecule has 1 fully saturated rings. The van der Waals surface area contributed by atoms with Gasteiger partial charge in [0.1, 0.15) is 5.69 Å². The van der Waals surface area contributed by atoms with Crippen LogP contribution in [-0.2, 0) is 7.05 Å². The first-order chi connectivity index (χ1) is 8.22. The zero-order chi connectivity index (χ0) is 12.3. The molecule has 1 aromatic heterocycles. The van der Waals surface area contributed by atoms with E-state index in [1.54, 1.807) is 17.1 Å². The highest BCUT2D eigenvalue weighted by Gasteiger charge is 2.25. The first kappa shape index (κ1) is 12.6. The molecule has 0 aliphatic carbocycles. The number of alkyl halides is 1. The summed E-state index contributed by atoms with van der Waals surface area (Å²) in [5.74, 6) is 0.754. The molecule has 1 aliphatic rings. The Balaban J connectivity index is 2.02. The second kappa shape index (κ2) is 5.67. The zero-order valence-corrected chi connectivity index (χ0v) is 11.7. The number of aryl methyl sites for hydroxylation is 1. The van der Waals surface area contributed by atoms with Crippen molar-refractivity contribution in [3.63, 3.8) is 0 Å². The molecule has 0 saturated carbocycles. The summed E-state index contributed by atoms with van der Waals surface area (Å²) in [7, 11) is 1.86. The summed E-state index contributed by atoms with van der Waals surface area (Å²) in [5, 5.41) is 1.02. The largest absolute Gasteiger partial charge is 0.337 e. The van der Waals surface area contributed by atoms with E-state index in [9.17, 15) is 4.79 Å². The average Bonchev–Trinajstić information content (AvgIpc) is 2.75. The molecule has 2 heterocycles. The van der Waals surface area contributed by atoms with Gasteiger partial charge in [-0.25, -0.2) is 4.98 Å². The molecule has 0 aromatic carbocycles. The summed E-state index contributed by atoms with van der Waals surface area (Å²) in [6, 6.07) is 0. The number of carbonyl (C=O) groups is 1. The van der Waals surface area contributed by atoms with Gasteiger partial charge in [0.25, 0.3) is 5.91 Å². The summed E-state index contributed by atoms with van der Waals surface area (Å²) >= 11 is 3.47. The van der Waals surface area contributed by atoms with Crippen molar-refractivity contribution in [2.75, 3.05) is 18.4 Å². The molecule has 1 saturated heterocycles. The second-order valence-electron chi connectivity index (χ2n) is 4.63. The maximum atomic E-state index is 12.3. The van der Waals surface area contributed by atoms with Crippen molar-refractivity contribution < 1.29 is 4.79 Å². The van der Waals surface area contributed by atoms with Crippen molar-refractivity contribution in [2.24, 2.45) is 13.0 Å². The fourth-order valence-corrected chi connectivity index (χ4v) is 3.01. The molecular weight excluding hydrogens is 282 g/mol. The molecule has 0 N–H and O–H groups in total. The van der Waals surface area contributed by atoms with Crippen molar-refractivity contribution in [3.05, 3.63) is 18.2 Å². The van der Waals surface area contributed by atoms with Gasteiger partial charge in [-0.15, -0.1) is 0 Å². The predicted molar refractivity (Wildman–Crippen MR) is 70.2 cm³/mol. The van der Waals surface area contributed by atoms with Crippen LogP contribution in [0.4, 0.5) is 0 Å². The number of rotatable bonds is 3. The SMILES string of the molecule is Cn1cncc1C(=O)N1CCCC(CCBr)C1. The number of halogens is 1. The Bertz CT molecular complexity index is 389. The lowest BCUT2D eigenvalue weighted by Gasteiger charge is -2.32. The lowest BCUT2D eigenvalue weighted by molar-refractivity contribution is 0.0662. The first-order valence-corrected chi connectivity index (χ1v) is 7.16. The topological polar surface area (TPSA) is 38.1 Å². The van der Waals surface area contributed by atoms with Crippen LogP contribution in [-0.4, -0.2) is 38.8 Å². The van der Waals surface area contributed by atoms with Gasteiger partial charge in [-0.1, -0.05) is 15.9 Å². The number of carbonyl (C=O) groups excluding carboxylic acids is 1. The van der Waals surface area contributed by atoms with Crippen LogP contribution in [0.25, 0.3) is 0 Å². The summed E-state index contributed by atoms with van der Waals surface area (Å²) in [4.78, 5) is 18.3. The maximum absolute atomic E-state index is 12.3. The molecule has 1 aliphatic heterocycles. The molecule has 0 bridgehead atoms. The quantitative estimate of drug-likeness (QED) is 0.801. The molecule has 17 heavy (non-hydrogen) atoms. The van der Waals surface area contributed by atoms with Gasteiger partial charge >= 0.3 is 0 Å². The number of piperidine rings is 1. The van der Waals surface area contributed by atoms with Crippen molar-refractivity contribution in [2.45, 2.75) is 19.3 Å². The summed E-state index contributed by atoms with van der Waals surface area (Å²) in [6.45, 7) is 1.76. The fraction of sp³-hybridized carbons (Fsp3) is 0.667. The van der Waals surface area contributed by atoms with E-state index in [0.717, 1.165) is 31.3 Å². The van der Waals surface area contributed by atoms with Crippen LogP contribution in [0.1, 0.15) is 29.8 Å². The molecule has 1 atom stereocenters. The number of likely N-dealkylation sites (tertiary alicyclic amines) is 1. The van der Waals surface area contributed by atoms with Gasteiger partial charge in [0.15, 0.2) is 0 Å². The third-order valence-electron chi connectivity index (χ3n) is 3.36. The molecular formula is C12H18BrN3O. The Kier molecular flexibility index (Phi) is 4.20. The standard InChI is InChI=1S/C12H18BrN3O/c1-15-9-14-7-11(15)12(17)16-6-2-3-10(8-16)4-5-13/h7,9-10H,2-6,8H2,1H3. The third-order valence-corrected chi connectivity index (χ3v) is 3.82. The van der Waals surface area contributed by atoms with Crippen molar-refractivity contribution in [3.8, 4) is 0 Å². The van der Waals surface area contributed by atoms with E-state index in [2.05, 4.69) is 20.9 Å². The van der Waals surface area contributed by atoms with Gasteiger partial charge in [0.05, 0.1) is 12.5 Å². The third kappa shape index (κ3) is 2.89. The van der Waals surface area contributed by atoms with Crippen LogP contribution in [0.3, 0.4) is 0 Å². The van der Waals surface area contributed by atoms with E-state index in [4.69, 9.17) is 0 Å². The van der Waals surface area contributed by atoms with Gasteiger partial charge < -0.3 is 9.47 Å². The number of hydrogen-bond donors (Lipinski definition) is 0. The minimum absolute atomic E-state index is 0.115. The Morgan fingerprint density at radius 2 is 2.47 bits per heavy atom. The van der Waals surface area contributed by atoms with Crippen molar-refractivity contribution >= 4 is 21.8 Å². The van der Waals surface area contributed by atoms with E-state index in [0.29, 0.717) is 11.6 Å². The number of hydrogen-bond acceptors (Lipinski definition) is 2. The maximum Gasteiger partial charge on any atom is 0.272 e. The summed E-state index contributed by atoms with van der Waals surface area (Å²) in [5.41, 5.74) is 0.685. The summed E-state index contributed by atoms with van der Waals surface area (Å²) in [6.07, 6.45) is 6.82. The molecule has 0 spiro atoms. The highest BCUT2D eigenvalue weighted by atomic mass is 79.9. The van der Waals surface area contributed by atoms with E-state index < -0.39 is 0 Å². The molecule has 4 nitrogen and oxygen atoms in total. The lowest BCUT2D eigenvalue weighted by atomic mass is 9.95. The second-order valence-corrected chi connectivity index (χ2v) is 5.42. The average molecular weight is 300 g/mol. The Hall–Kier alpha value is -0.840. The molecule has 5 heteroatoms. The van der Waals surface area contributed by atoms with Gasteiger partial charge in [-0.2, -0.15) is 0 Å². The van der Waals surface area contributed by atoms with Crippen LogP contribution in [0.15, 0.2) is 12.5 Å². The predicted octanol–water partition coefficient (Wildman–Crippen LogP) is 2.06. The zero-order valence-electron chi connectivity index (χ0n) is 10.1. The van der Waals surface area contributed by atoms with E-state index >= 15 is 0 Å². The smallest absolute Gasteiger partial charge is 0.272 e. The molecule has 1 unspecified atom stereocenters. The van der Waals surface area contributed by atoms with Gasteiger partial charge in [-0.05, 0) is 25.2 Å². The number of aromatic nitrogens is 2. The number of nitrogens with zero attached hydrogens (tertiary/aromatic N) is 3. The van der Waals surface area contributed by atoms with E-state index in [1.807, 2.05) is 11.9 Å². The highest BCUT2D eigenvalue weighted by Crippen LogP contribution is 2.21. The first-order valence-electron chi connectivity index (χ1n) is 6.04. The molecule has 1 aromatic rings. The van der Waals surface area contributed by atoms with Gasteiger partial charge in [-0.3, -0.25) is 4.79 Å². The Morgan fingerprint density at radius 1 is 1.65 bits per heavy atom. The lowest BCUT2D eigenvalue weighted by Crippen LogP contribution is -2.40. The van der Waals surface area contributed by atoms with Gasteiger partial charge in [0.2, 0.25) is 0 Å². The van der Waals surface area contributed by atoms with Crippen LogP contribution >= 0.6 is 15.9 Å². The van der Waals surface area contributed by atoms with Crippen molar-refractivity contribution in [1.82, 2.24) is 14.5 Å². The monoisotopic (exact) mass is 299 g/mol. The Morgan fingerprint density at radius 3 is 3.12 bits per heavy atom. The van der Waals surface area contributed by atoms with Crippen LogP contribution in [0, 0.1) is 5.92 Å². The normalized spacial score (nSPS) is 20.6. The molecule has 94 valence electrons. The van der Waals surface area contributed by atoms with Crippen molar-refractivity contribution in [1.29, 1.82) is 0 Å². The highest BCUT2D eigenvalue weighted by molar-refractivity contribution is 9.09. The number of amides is 1. The molecule has 1 amide bonds. The summed E-state index contributed by atoms with van der Waals surface area (Å²) < 4.78 is 1.79. The van der Waals surface area contributed by atoms with E-state index in [-0.39, 0.29) is 5.91 Å². The van der Waals surface area contributed by atoms with E-state index in [1.165, 1.54) is 6.42 Å². The van der Waals surface area contributed by atoms with Gasteiger partial charge in [0, 0.05) is 25.5 Å². The van der Waals surface area contributed by atoms with Crippen LogP contribution in [0.2, 0.25) is 0 Å². The fourth-order valence-electron chi connectivity index (χ4n) is 2.36. The molecule has 2 rings (SSSR count). The minimum Gasteiger partial charge on any atom is -0.337 e.